The van der Waals surface area contributed by atoms with Crippen molar-refractivity contribution in [1.82, 2.24) is 5.32 Å². The van der Waals surface area contributed by atoms with Crippen LogP contribution >= 0.6 is 0 Å². The van der Waals surface area contributed by atoms with E-state index in [0.29, 0.717) is 5.69 Å². The van der Waals surface area contributed by atoms with Crippen LogP contribution in [-0.4, -0.2) is 26.6 Å². The highest BCUT2D eigenvalue weighted by atomic mass is 32.2. The second-order valence-corrected chi connectivity index (χ2v) is 8.22. The van der Waals surface area contributed by atoms with Crippen molar-refractivity contribution in [3.05, 3.63) is 65.5 Å². The van der Waals surface area contributed by atoms with Gasteiger partial charge in [0.15, 0.2) is 0 Å². The number of halogens is 1. The smallest absolute Gasteiger partial charge is 0.244 e. The highest BCUT2D eigenvalue weighted by Crippen LogP contribution is 2.22. The molecule has 26 heavy (non-hydrogen) atoms. The van der Waals surface area contributed by atoms with E-state index in [1.807, 2.05) is 13.0 Å². The first kappa shape index (κ1) is 19.9. The summed E-state index contributed by atoms with van der Waals surface area (Å²) >= 11 is 0. The second-order valence-electron chi connectivity index (χ2n) is 6.36. The SMILES string of the molecule is Cc1cccc(N([C@H](C)C(=O)N[C@H](C)c2ccc(F)cc2)S(C)(=O)=O)c1. The molecule has 2 rings (SSSR count). The van der Waals surface area contributed by atoms with E-state index in [4.69, 9.17) is 0 Å². The minimum atomic E-state index is -3.66. The van der Waals surface area contributed by atoms with Gasteiger partial charge in [-0.1, -0.05) is 24.3 Å². The molecule has 0 spiro atoms. The molecule has 0 radical (unpaired) electrons. The largest absolute Gasteiger partial charge is 0.348 e. The number of carbonyl (C=O) groups excluding carboxylic acids is 1. The Labute approximate surface area is 153 Å². The van der Waals surface area contributed by atoms with Gasteiger partial charge in [-0.3, -0.25) is 9.10 Å². The summed E-state index contributed by atoms with van der Waals surface area (Å²) in [6, 6.07) is 11.4. The van der Waals surface area contributed by atoms with Crippen LogP contribution in [0.3, 0.4) is 0 Å². The Hall–Kier alpha value is -2.41. The first-order chi connectivity index (χ1) is 12.1. The van der Waals surface area contributed by atoms with E-state index >= 15 is 0 Å². The van der Waals surface area contributed by atoms with Crippen LogP contribution in [0.2, 0.25) is 0 Å². The Morgan fingerprint density at radius 1 is 1.12 bits per heavy atom. The van der Waals surface area contributed by atoms with Crippen molar-refractivity contribution in [2.45, 2.75) is 32.9 Å². The highest BCUT2D eigenvalue weighted by molar-refractivity contribution is 7.92. The predicted octanol–water partition coefficient (Wildman–Crippen LogP) is 3.17. The maximum absolute atomic E-state index is 13.0. The highest BCUT2D eigenvalue weighted by Gasteiger charge is 2.29. The average Bonchev–Trinajstić information content (AvgIpc) is 2.54. The van der Waals surface area contributed by atoms with E-state index in [9.17, 15) is 17.6 Å². The van der Waals surface area contributed by atoms with Crippen molar-refractivity contribution in [1.29, 1.82) is 0 Å². The summed E-state index contributed by atoms with van der Waals surface area (Å²) < 4.78 is 38.7. The number of amides is 1. The van der Waals surface area contributed by atoms with Crippen molar-refractivity contribution in [2.75, 3.05) is 10.6 Å². The lowest BCUT2D eigenvalue weighted by atomic mass is 10.1. The van der Waals surface area contributed by atoms with Crippen LogP contribution in [0.4, 0.5) is 10.1 Å². The normalized spacial score (nSPS) is 13.7. The zero-order chi connectivity index (χ0) is 19.5. The fraction of sp³-hybridized carbons (Fsp3) is 0.316. The summed E-state index contributed by atoms with van der Waals surface area (Å²) in [6.45, 7) is 5.15. The number of anilines is 1. The Kier molecular flexibility index (Phi) is 6.02. The number of sulfonamides is 1. The molecule has 0 fully saturated rings. The van der Waals surface area contributed by atoms with Crippen molar-refractivity contribution in [3.63, 3.8) is 0 Å². The molecule has 0 saturated carbocycles. The number of carbonyl (C=O) groups is 1. The molecule has 5 nitrogen and oxygen atoms in total. The van der Waals surface area contributed by atoms with Gasteiger partial charge in [0.2, 0.25) is 15.9 Å². The molecule has 0 aliphatic rings. The lowest BCUT2D eigenvalue weighted by Gasteiger charge is -2.29. The molecule has 2 aromatic rings. The van der Waals surface area contributed by atoms with Gasteiger partial charge < -0.3 is 5.32 Å². The molecule has 0 aliphatic carbocycles. The molecule has 0 unspecified atom stereocenters. The summed E-state index contributed by atoms with van der Waals surface area (Å²) in [5.41, 5.74) is 2.06. The second kappa shape index (κ2) is 7.86. The third-order valence-corrected chi connectivity index (χ3v) is 5.32. The molecule has 2 atom stereocenters. The molecule has 140 valence electrons. The maximum Gasteiger partial charge on any atom is 0.244 e. The van der Waals surface area contributed by atoms with Gasteiger partial charge in [-0.15, -0.1) is 0 Å². The lowest BCUT2D eigenvalue weighted by Crippen LogP contribution is -2.48. The summed E-state index contributed by atoms with van der Waals surface area (Å²) in [5, 5.41) is 2.78. The Balaban J connectivity index is 2.23. The van der Waals surface area contributed by atoms with E-state index in [-0.39, 0.29) is 11.9 Å². The minimum absolute atomic E-state index is 0.358. The van der Waals surface area contributed by atoms with E-state index in [2.05, 4.69) is 5.32 Å². The fourth-order valence-electron chi connectivity index (χ4n) is 2.74. The average molecular weight is 378 g/mol. The molecule has 0 heterocycles. The molecule has 1 amide bonds. The molecule has 1 N–H and O–H groups in total. The standard InChI is InChI=1S/C19H23FN2O3S/c1-13-6-5-7-18(12-13)22(26(4,24)25)15(3)19(23)21-14(2)16-8-10-17(20)11-9-16/h5-12,14-15H,1-4H3,(H,21,23)/t14-,15-/m1/s1. The molecule has 2 aromatic carbocycles. The Morgan fingerprint density at radius 2 is 1.73 bits per heavy atom. The van der Waals surface area contributed by atoms with Crippen LogP contribution in [0.15, 0.2) is 48.5 Å². The van der Waals surface area contributed by atoms with E-state index in [0.717, 1.165) is 21.7 Å². The lowest BCUT2D eigenvalue weighted by molar-refractivity contribution is -0.122. The number of rotatable bonds is 6. The predicted molar refractivity (Wildman–Crippen MR) is 101 cm³/mol. The summed E-state index contributed by atoms with van der Waals surface area (Å²) in [5.74, 6) is -0.794. The van der Waals surface area contributed by atoms with Gasteiger partial charge >= 0.3 is 0 Å². The van der Waals surface area contributed by atoms with Gasteiger partial charge in [0.25, 0.3) is 0 Å². The number of hydrogen-bond donors (Lipinski definition) is 1. The third kappa shape index (κ3) is 4.82. The van der Waals surface area contributed by atoms with E-state index < -0.39 is 22.0 Å². The van der Waals surface area contributed by atoms with Crippen LogP contribution in [-0.2, 0) is 14.8 Å². The molecule has 0 bridgehead atoms. The topological polar surface area (TPSA) is 66.5 Å². The van der Waals surface area contributed by atoms with Crippen LogP contribution in [0.25, 0.3) is 0 Å². The van der Waals surface area contributed by atoms with Crippen LogP contribution in [0, 0.1) is 12.7 Å². The van der Waals surface area contributed by atoms with Crippen molar-refractivity contribution in [3.8, 4) is 0 Å². The fourth-order valence-corrected chi connectivity index (χ4v) is 3.91. The Morgan fingerprint density at radius 3 is 2.27 bits per heavy atom. The van der Waals surface area contributed by atoms with Gasteiger partial charge in [-0.05, 0) is 56.2 Å². The molecular formula is C19H23FN2O3S. The van der Waals surface area contributed by atoms with Crippen LogP contribution < -0.4 is 9.62 Å². The number of nitrogens with zero attached hydrogens (tertiary/aromatic N) is 1. The first-order valence-corrected chi connectivity index (χ1v) is 10.1. The summed E-state index contributed by atoms with van der Waals surface area (Å²) in [6.07, 6.45) is 1.07. The van der Waals surface area contributed by atoms with Crippen molar-refractivity contribution < 1.29 is 17.6 Å². The Bertz CT molecular complexity index is 882. The molecule has 7 heteroatoms. The zero-order valence-electron chi connectivity index (χ0n) is 15.2. The summed E-state index contributed by atoms with van der Waals surface area (Å²) in [4.78, 5) is 12.6. The number of hydrogen-bond acceptors (Lipinski definition) is 3. The zero-order valence-corrected chi connectivity index (χ0v) is 16.0. The van der Waals surface area contributed by atoms with Gasteiger partial charge in [0, 0.05) is 0 Å². The summed E-state index contributed by atoms with van der Waals surface area (Å²) in [7, 11) is -3.66. The number of aryl methyl sites for hydroxylation is 1. The minimum Gasteiger partial charge on any atom is -0.348 e. The van der Waals surface area contributed by atoms with Gasteiger partial charge in [-0.25, -0.2) is 12.8 Å². The van der Waals surface area contributed by atoms with E-state index in [1.165, 1.54) is 19.1 Å². The molecule has 0 aliphatic heterocycles. The monoisotopic (exact) mass is 378 g/mol. The quantitative estimate of drug-likeness (QED) is 0.840. The van der Waals surface area contributed by atoms with Crippen molar-refractivity contribution in [2.24, 2.45) is 0 Å². The maximum atomic E-state index is 13.0. The number of nitrogens with one attached hydrogen (secondary N) is 1. The van der Waals surface area contributed by atoms with Crippen LogP contribution in [0.1, 0.15) is 31.0 Å². The van der Waals surface area contributed by atoms with Crippen molar-refractivity contribution >= 4 is 21.6 Å². The number of benzene rings is 2. The molecule has 0 saturated heterocycles. The third-order valence-electron chi connectivity index (χ3n) is 4.07. The van der Waals surface area contributed by atoms with Gasteiger partial charge in [0.05, 0.1) is 18.0 Å². The van der Waals surface area contributed by atoms with E-state index in [1.54, 1.807) is 37.3 Å². The first-order valence-electron chi connectivity index (χ1n) is 8.21. The molecule has 0 aromatic heterocycles. The molecular weight excluding hydrogens is 355 g/mol. The van der Waals surface area contributed by atoms with Gasteiger partial charge in [-0.2, -0.15) is 0 Å². The van der Waals surface area contributed by atoms with Crippen LogP contribution in [0.5, 0.6) is 0 Å². The van der Waals surface area contributed by atoms with Gasteiger partial charge in [0.1, 0.15) is 11.9 Å².